The SMILES string of the molecule is c1ccc(-n2c3ccccc3c3ccc4c(c5ccccc5n4-c4cccc5ccccc45)c32)cc1. The molecule has 168 valence electrons. The van der Waals surface area contributed by atoms with Crippen LogP contribution >= 0.6 is 0 Å². The first-order valence-corrected chi connectivity index (χ1v) is 12.4. The second kappa shape index (κ2) is 7.34. The van der Waals surface area contributed by atoms with Crippen LogP contribution in [0.1, 0.15) is 0 Å². The first-order valence-electron chi connectivity index (χ1n) is 12.4. The van der Waals surface area contributed by atoms with Crippen molar-refractivity contribution in [3.8, 4) is 11.4 Å². The molecule has 0 unspecified atom stereocenters. The molecule has 0 N–H and O–H groups in total. The maximum Gasteiger partial charge on any atom is 0.0641 e. The zero-order valence-electron chi connectivity index (χ0n) is 19.6. The lowest BCUT2D eigenvalue weighted by Crippen LogP contribution is -1.96. The average Bonchev–Trinajstić information content (AvgIpc) is 3.46. The van der Waals surface area contributed by atoms with E-state index in [-0.39, 0.29) is 0 Å². The van der Waals surface area contributed by atoms with Crippen LogP contribution in [-0.2, 0) is 0 Å². The van der Waals surface area contributed by atoms with Gasteiger partial charge in [0.25, 0.3) is 0 Å². The third-order valence-electron chi connectivity index (χ3n) is 7.49. The van der Waals surface area contributed by atoms with Crippen LogP contribution in [0.3, 0.4) is 0 Å². The van der Waals surface area contributed by atoms with Gasteiger partial charge < -0.3 is 9.13 Å². The number of hydrogen-bond donors (Lipinski definition) is 0. The van der Waals surface area contributed by atoms with E-state index in [1.807, 2.05) is 0 Å². The molecule has 36 heavy (non-hydrogen) atoms. The molecular weight excluding hydrogens is 436 g/mol. The maximum absolute atomic E-state index is 2.44. The molecule has 0 fully saturated rings. The minimum Gasteiger partial charge on any atom is -0.309 e. The van der Waals surface area contributed by atoms with Gasteiger partial charge in [-0.2, -0.15) is 0 Å². The minimum absolute atomic E-state index is 1.18. The first kappa shape index (κ1) is 19.5. The molecular formula is C34H22N2. The average molecular weight is 459 g/mol. The Bertz CT molecular complexity index is 2090. The summed E-state index contributed by atoms with van der Waals surface area (Å²) in [5.41, 5.74) is 7.32. The number of hydrogen-bond acceptors (Lipinski definition) is 0. The molecule has 8 aromatic rings. The molecule has 0 radical (unpaired) electrons. The monoisotopic (exact) mass is 458 g/mol. The van der Waals surface area contributed by atoms with E-state index >= 15 is 0 Å². The van der Waals surface area contributed by atoms with E-state index < -0.39 is 0 Å². The van der Waals surface area contributed by atoms with Crippen molar-refractivity contribution in [2.45, 2.75) is 0 Å². The summed E-state index contributed by atoms with van der Waals surface area (Å²) >= 11 is 0. The largest absolute Gasteiger partial charge is 0.309 e. The summed E-state index contributed by atoms with van der Waals surface area (Å²) in [6.07, 6.45) is 0. The highest BCUT2D eigenvalue weighted by Gasteiger charge is 2.20. The normalized spacial score (nSPS) is 11.9. The highest BCUT2D eigenvalue weighted by atomic mass is 15.0. The lowest BCUT2D eigenvalue weighted by atomic mass is 10.1. The number of nitrogens with zero attached hydrogens (tertiary/aromatic N) is 2. The summed E-state index contributed by atoms with van der Waals surface area (Å²) in [5, 5.41) is 7.62. The molecule has 2 heterocycles. The number of fused-ring (bicyclic) bond motifs is 8. The zero-order valence-corrected chi connectivity index (χ0v) is 19.6. The number of rotatable bonds is 2. The lowest BCUT2D eigenvalue weighted by Gasteiger charge is -2.12. The van der Waals surface area contributed by atoms with Crippen LogP contribution in [0.4, 0.5) is 0 Å². The molecule has 6 aromatic carbocycles. The summed E-state index contributed by atoms with van der Waals surface area (Å²) < 4.78 is 4.88. The topological polar surface area (TPSA) is 9.86 Å². The van der Waals surface area contributed by atoms with Crippen LogP contribution < -0.4 is 0 Å². The predicted molar refractivity (Wildman–Crippen MR) is 153 cm³/mol. The summed E-state index contributed by atoms with van der Waals surface area (Å²) in [4.78, 5) is 0. The summed E-state index contributed by atoms with van der Waals surface area (Å²) in [6.45, 7) is 0. The number of para-hydroxylation sites is 3. The summed E-state index contributed by atoms with van der Waals surface area (Å²) in [6, 6.07) is 48.2. The highest BCUT2D eigenvalue weighted by molar-refractivity contribution is 6.26. The van der Waals surface area contributed by atoms with Crippen molar-refractivity contribution in [3.63, 3.8) is 0 Å². The van der Waals surface area contributed by atoms with Crippen molar-refractivity contribution in [2.75, 3.05) is 0 Å². The van der Waals surface area contributed by atoms with Gasteiger partial charge >= 0.3 is 0 Å². The standard InChI is InChI=1S/C34H22N2/c1-2-13-24(14-3-1)35-30-18-8-6-16-26(30)27-21-22-32-33(34(27)35)28-17-7-9-19-31(28)36(32)29-20-10-12-23-11-4-5-15-25(23)29/h1-22H. The number of aromatic nitrogens is 2. The smallest absolute Gasteiger partial charge is 0.0641 e. The van der Waals surface area contributed by atoms with Crippen LogP contribution in [-0.4, -0.2) is 9.13 Å². The Morgan fingerprint density at radius 3 is 1.83 bits per heavy atom. The van der Waals surface area contributed by atoms with E-state index in [1.165, 1.54) is 65.8 Å². The fourth-order valence-corrected chi connectivity index (χ4v) is 6.02. The van der Waals surface area contributed by atoms with Crippen molar-refractivity contribution in [1.82, 2.24) is 9.13 Å². The van der Waals surface area contributed by atoms with Gasteiger partial charge in [0.05, 0.1) is 27.8 Å². The molecule has 8 rings (SSSR count). The van der Waals surface area contributed by atoms with Crippen molar-refractivity contribution >= 4 is 54.4 Å². The van der Waals surface area contributed by atoms with Crippen LogP contribution in [0.15, 0.2) is 133 Å². The first-order chi connectivity index (χ1) is 17.9. The van der Waals surface area contributed by atoms with Crippen LogP contribution in [0.5, 0.6) is 0 Å². The Kier molecular flexibility index (Phi) is 3.97. The second-order valence-electron chi connectivity index (χ2n) is 9.39. The van der Waals surface area contributed by atoms with Gasteiger partial charge in [-0.25, -0.2) is 0 Å². The van der Waals surface area contributed by atoms with Gasteiger partial charge in [0.1, 0.15) is 0 Å². The van der Waals surface area contributed by atoms with Crippen molar-refractivity contribution in [1.29, 1.82) is 0 Å². The van der Waals surface area contributed by atoms with E-state index in [0.29, 0.717) is 0 Å². The molecule has 0 atom stereocenters. The predicted octanol–water partition coefficient (Wildman–Crippen LogP) is 9.03. The van der Waals surface area contributed by atoms with E-state index in [2.05, 4.69) is 143 Å². The molecule has 0 saturated carbocycles. The van der Waals surface area contributed by atoms with Crippen molar-refractivity contribution in [2.24, 2.45) is 0 Å². The third-order valence-corrected chi connectivity index (χ3v) is 7.49. The van der Waals surface area contributed by atoms with Gasteiger partial charge in [-0.1, -0.05) is 97.1 Å². The van der Waals surface area contributed by atoms with Crippen molar-refractivity contribution in [3.05, 3.63) is 133 Å². The van der Waals surface area contributed by atoms with Gasteiger partial charge in [-0.3, -0.25) is 0 Å². The molecule has 0 aliphatic heterocycles. The molecule has 0 bridgehead atoms. The maximum atomic E-state index is 2.44. The Labute approximate surface area is 208 Å². The Hall–Kier alpha value is -4.82. The van der Waals surface area contributed by atoms with Gasteiger partial charge in [-0.15, -0.1) is 0 Å². The molecule has 0 saturated heterocycles. The van der Waals surface area contributed by atoms with E-state index in [1.54, 1.807) is 0 Å². The van der Waals surface area contributed by atoms with E-state index in [4.69, 9.17) is 0 Å². The van der Waals surface area contributed by atoms with E-state index in [0.717, 1.165) is 0 Å². The quantitative estimate of drug-likeness (QED) is 0.244. The van der Waals surface area contributed by atoms with Crippen LogP contribution in [0.2, 0.25) is 0 Å². The van der Waals surface area contributed by atoms with Crippen molar-refractivity contribution < 1.29 is 0 Å². The highest BCUT2D eigenvalue weighted by Crippen LogP contribution is 2.42. The summed E-state index contributed by atoms with van der Waals surface area (Å²) in [5.74, 6) is 0. The molecule has 2 heteroatoms. The molecule has 0 amide bonds. The third kappa shape index (κ3) is 2.56. The van der Waals surface area contributed by atoms with E-state index in [9.17, 15) is 0 Å². The van der Waals surface area contributed by atoms with Crippen LogP contribution in [0, 0.1) is 0 Å². The van der Waals surface area contributed by atoms with Gasteiger partial charge in [0.2, 0.25) is 0 Å². The lowest BCUT2D eigenvalue weighted by molar-refractivity contribution is 1.18. The Balaban J connectivity index is 1.64. The minimum atomic E-state index is 1.18. The van der Waals surface area contributed by atoms with Gasteiger partial charge in [0.15, 0.2) is 0 Å². The molecule has 0 aliphatic carbocycles. The Morgan fingerprint density at radius 2 is 1.00 bits per heavy atom. The summed E-state index contributed by atoms with van der Waals surface area (Å²) in [7, 11) is 0. The fraction of sp³-hybridized carbons (Fsp3) is 0. The molecule has 2 aromatic heterocycles. The second-order valence-corrected chi connectivity index (χ2v) is 9.39. The fourth-order valence-electron chi connectivity index (χ4n) is 6.02. The number of benzene rings is 6. The Morgan fingerprint density at radius 1 is 0.361 bits per heavy atom. The van der Waals surface area contributed by atoms with Gasteiger partial charge in [0, 0.05) is 32.6 Å². The molecule has 2 nitrogen and oxygen atoms in total. The molecule has 0 spiro atoms. The zero-order chi connectivity index (χ0) is 23.6. The van der Waals surface area contributed by atoms with Crippen LogP contribution in [0.25, 0.3) is 65.8 Å². The van der Waals surface area contributed by atoms with Gasteiger partial charge in [-0.05, 0) is 41.8 Å². The molecule has 0 aliphatic rings.